The second-order valence-electron chi connectivity index (χ2n) is 2.73. The van der Waals surface area contributed by atoms with Crippen LogP contribution in [0, 0.1) is 6.92 Å². The summed E-state index contributed by atoms with van der Waals surface area (Å²) in [6, 6.07) is 0. The zero-order valence-corrected chi connectivity index (χ0v) is 10.2. The van der Waals surface area contributed by atoms with E-state index in [1.54, 1.807) is 6.26 Å². The molecule has 2 heterocycles. The van der Waals surface area contributed by atoms with Crippen molar-refractivity contribution in [2.45, 2.75) is 17.2 Å². The number of nitrogen functional groups attached to an aromatic ring is 1. The summed E-state index contributed by atoms with van der Waals surface area (Å²) < 4.78 is 5.85. The van der Waals surface area contributed by atoms with Crippen LogP contribution in [0.3, 0.4) is 0 Å². The van der Waals surface area contributed by atoms with Gasteiger partial charge in [-0.15, -0.1) is 0 Å². The van der Waals surface area contributed by atoms with E-state index >= 15 is 0 Å². The largest absolute Gasteiger partial charge is 0.439 e. The fourth-order valence-corrected chi connectivity index (χ4v) is 2.09. The highest BCUT2D eigenvalue weighted by Crippen LogP contribution is 2.32. The number of nitrogens with zero attached hydrogens (tertiary/aromatic N) is 3. The molecule has 0 aliphatic rings. The second kappa shape index (κ2) is 4.19. The van der Waals surface area contributed by atoms with Gasteiger partial charge >= 0.3 is 0 Å². The molecule has 15 heavy (non-hydrogen) atoms. The summed E-state index contributed by atoms with van der Waals surface area (Å²) in [6.45, 7) is 1.86. The van der Waals surface area contributed by atoms with Gasteiger partial charge in [-0.1, -0.05) is 0 Å². The van der Waals surface area contributed by atoms with E-state index in [0.29, 0.717) is 20.5 Å². The molecule has 2 aromatic rings. The average Bonchev–Trinajstić information content (AvgIpc) is 2.59. The van der Waals surface area contributed by atoms with Crippen LogP contribution < -0.4 is 5.73 Å². The van der Waals surface area contributed by atoms with Gasteiger partial charge in [-0.25, -0.2) is 15.0 Å². The molecule has 0 amide bonds. The van der Waals surface area contributed by atoms with Gasteiger partial charge in [0.1, 0.15) is 23.4 Å². The lowest BCUT2D eigenvalue weighted by Crippen LogP contribution is -1.94. The first-order valence-electron chi connectivity index (χ1n) is 4.03. The van der Waals surface area contributed by atoms with Gasteiger partial charge in [0.2, 0.25) is 0 Å². The molecule has 2 N–H and O–H groups in total. The molecule has 0 saturated carbocycles. The normalized spacial score (nSPS) is 10.5. The molecule has 0 bridgehead atoms. The van der Waals surface area contributed by atoms with E-state index in [0.717, 1.165) is 5.69 Å². The zero-order chi connectivity index (χ0) is 10.8. The Balaban J connectivity index is 2.28. The molecule has 7 heteroatoms. The number of aryl methyl sites for hydroxylation is 1. The van der Waals surface area contributed by atoms with Gasteiger partial charge in [0.05, 0.1) is 10.2 Å². The first kappa shape index (κ1) is 10.4. The van der Waals surface area contributed by atoms with Crippen LogP contribution in [0.1, 0.15) is 5.69 Å². The maximum absolute atomic E-state index is 5.62. The zero-order valence-electron chi connectivity index (χ0n) is 7.77. The van der Waals surface area contributed by atoms with E-state index in [2.05, 4.69) is 30.9 Å². The van der Waals surface area contributed by atoms with Crippen molar-refractivity contribution in [1.29, 1.82) is 0 Å². The summed E-state index contributed by atoms with van der Waals surface area (Å²) >= 11 is 4.60. The predicted octanol–water partition coefficient (Wildman–Crippen LogP) is 2.27. The maximum atomic E-state index is 5.62. The Labute approximate surface area is 98.6 Å². The highest BCUT2D eigenvalue weighted by atomic mass is 79.9. The molecule has 2 rings (SSSR count). The number of oxazole rings is 1. The third kappa shape index (κ3) is 2.29. The molecule has 0 radical (unpaired) electrons. The van der Waals surface area contributed by atoms with Crippen molar-refractivity contribution in [3.05, 3.63) is 22.8 Å². The lowest BCUT2D eigenvalue weighted by molar-refractivity contribution is 0.453. The van der Waals surface area contributed by atoms with Gasteiger partial charge in [-0.05, 0) is 34.6 Å². The van der Waals surface area contributed by atoms with Crippen molar-refractivity contribution in [1.82, 2.24) is 15.0 Å². The molecule has 2 aromatic heterocycles. The van der Waals surface area contributed by atoms with Crippen molar-refractivity contribution >= 4 is 33.5 Å². The van der Waals surface area contributed by atoms with Crippen LogP contribution >= 0.6 is 27.7 Å². The molecule has 5 nitrogen and oxygen atoms in total. The van der Waals surface area contributed by atoms with E-state index in [1.807, 2.05) is 6.92 Å². The Morgan fingerprint density at radius 2 is 2.27 bits per heavy atom. The lowest BCUT2D eigenvalue weighted by atomic mass is 10.6. The van der Waals surface area contributed by atoms with Gasteiger partial charge < -0.3 is 10.2 Å². The number of hydrogen-bond acceptors (Lipinski definition) is 6. The molecule has 0 fully saturated rings. The summed E-state index contributed by atoms with van der Waals surface area (Å²) in [5.74, 6) is 0.399. The Bertz CT molecular complexity index is 487. The molecule has 0 spiro atoms. The number of hydrogen-bond donors (Lipinski definition) is 1. The van der Waals surface area contributed by atoms with Crippen LogP contribution in [-0.4, -0.2) is 15.0 Å². The quantitative estimate of drug-likeness (QED) is 0.854. The van der Waals surface area contributed by atoms with E-state index in [-0.39, 0.29) is 0 Å². The van der Waals surface area contributed by atoms with Gasteiger partial charge in [0.25, 0.3) is 5.22 Å². The highest BCUT2D eigenvalue weighted by Gasteiger charge is 2.10. The molecule has 78 valence electrons. The fraction of sp³-hybridized carbons (Fsp3) is 0.125. The van der Waals surface area contributed by atoms with Crippen LogP contribution in [0.2, 0.25) is 0 Å². The van der Waals surface area contributed by atoms with E-state index < -0.39 is 0 Å². The molecular weight excluding hydrogens is 280 g/mol. The minimum atomic E-state index is 0.399. The Hall–Kier alpha value is -1.08. The van der Waals surface area contributed by atoms with Gasteiger partial charge in [-0.2, -0.15) is 0 Å². The maximum Gasteiger partial charge on any atom is 0.262 e. The second-order valence-corrected chi connectivity index (χ2v) is 4.47. The topological polar surface area (TPSA) is 77.8 Å². The van der Waals surface area contributed by atoms with E-state index in [1.165, 1.54) is 18.1 Å². The SMILES string of the molecule is Cc1coc(Sc2ncnc(N)c2Br)n1. The van der Waals surface area contributed by atoms with Crippen molar-refractivity contribution in [2.24, 2.45) is 0 Å². The smallest absolute Gasteiger partial charge is 0.262 e. The van der Waals surface area contributed by atoms with Crippen molar-refractivity contribution < 1.29 is 4.42 Å². The van der Waals surface area contributed by atoms with Crippen molar-refractivity contribution in [2.75, 3.05) is 5.73 Å². The number of halogens is 1. The first-order chi connectivity index (χ1) is 7.16. The summed E-state index contributed by atoms with van der Waals surface area (Å²) in [5.41, 5.74) is 6.45. The van der Waals surface area contributed by atoms with E-state index in [4.69, 9.17) is 10.2 Å². The van der Waals surface area contributed by atoms with Crippen LogP contribution in [0.5, 0.6) is 0 Å². The number of rotatable bonds is 2. The summed E-state index contributed by atoms with van der Waals surface area (Å²) in [6.07, 6.45) is 2.99. The van der Waals surface area contributed by atoms with Crippen molar-refractivity contribution in [3.8, 4) is 0 Å². The number of anilines is 1. The number of aromatic nitrogens is 3. The standard InChI is InChI=1S/C8H7BrN4OS/c1-4-2-14-8(13-4)15-7-5(9)6(10)11-3-12-7/h2-3H,1H3,(H2,10,11,12). The Kier molecular flexibility index (Phi) is 2.92. The fourth-order valence-electron chi connectivity index (χ4n) is 0.900. The molecule has 0 aliphatic carbocycles. The summed E-state index contributed by atoms with van der Waals surface area (Å²) in [7, 11) is 0. The Morgan fingerprint density at radius 3 is 2.93 bits per heavy atom. The molecule has 0 aliphatic heterocycles. The highest BCUT2D eigenvalue weighted by molar-refractivity contribution is 9.10. The average molecular weight is 287 g/mol. The van der Waals surface area contributed by atoms with Gasteiger partial charge in [0, 0.05) is 0 Å². The van der Waals surface area contributed by atoms with E-state index in [9.17, 15) is 0 Å². The first-order valence-corrected chi connectivity index (χ1v) is 5.63. The molecule has 0 atom stereocenters. The van der Waals surface area contributed by atoms with Crippen LogP contribution in [0.4, 0.5) is 5.82 Å². The molecule has 0 unspecified atom stereocenters. The van der Waals surface area contributed by atoms with Crippen LogP contribution in [0.25, 0.3) is 0 Å². The van der Waals surface area contributed by atoms with Gasteiger partial charge in [0.15, 0.2) is 0 Å². The van der Waals surface area contributed by atoms with Crippen LogP contribution in [-0.2, 0) is 0 Å². The third-order valence-corrected chi connectivity index (χ3v) is 3.48. The van der Waals surface area contributed by atoms with Gasteiger partial charge in [-0.3, -0.25) is 0 Å². The predicted molar refractivity (Wildman–Crippen MR) is 59.5 cm³/mol. The minimum Gasteiger partial charge on any atom is -0.439 e. The minimum absolute atomic E-state index is 0.399. The molecule has 0 aromatic carbocycles. The van der Waals surface area contributed by atoms with Crippen LogP contribution in [0.15, 0.2) is 31.7 Å². The summed E-state index contributed by atoms with van der Waals surface area (Å²) in [5, 5.41) is 1.22. The molecule has 0 saturated heterocycles. The Morgan fingerprint density at radius 1 is 1.47 bits per heavy atom. The lowest BCUT2D eigenvalue weighted by Gasteiger charge is -2.00. The molecular formula is C8H7BrN4OS. The third-order valence-electron chi connectivity index (χ3n) is 1.57. The summed E-state index contributed by atoms with van der Waals surface area (Å²) in [4.78, 5) is 12.1. The monoisotopic (exact) mass is 286 g/mol. The number of nitrogens with two attached hydrogens (primary N) is 1. The van der Waals surface area contributed by atoms with Crippen molar-refractivity contribution in [3.63, 3.8) is 0 Å².